The Hall–Kier alpha value is -4.30. The van der Waals surface area contributed by atoms with Crippen molar-refractivity contribution in [2.24, 2.45) is 13.0 Å². The minimum Gasteiger partial charge on any atom is -0.465 e. The van der Waals surface area contributed by atoms with E-state index in [4.69, 9.17) is 14.2 Å². The highest BCUT2D eigenvalue weighted by atomic mass is 32.2. The summed E-state index contributed by atoms with van der Waals surface area (Å²) < 4.78 is 19.7. The largest absolute Gasteiger partial charge is 0.465 e. The summed E-state index contributed by atoms with van der Waals surface area (Å²) in [5.41, 5.74) is 5.56. The predicted octanol–water partition coefficient (Wildman–Crippen LogP) is 4.32. The van der Waals surface area contributed by atoms with Crippen LogP contribution in [0, 0.1) is 5.92 Å². The van der Waals surface area contributed by atoms with Gasteiger partial charge in [-0.15, -0.1) is 5.10 Å². The number of esters is 1. The van der Waals surface area contributed by atoms with Crippen LogP contribution in [0.15, 0.2) is 78.0 Å². The molecule has 1 fully saturated rings. The van der Waals surface area contributed by atoms with Crippen molar-refractivity contribution in [3.8, 4) is 11.1 Å². The van der Waals surface area contributed by atoms with Gasteiger partial charge < -0.3 is 30.0 Å². The Bertz CT molecular complexity index is 1620. The minimum atomic E-state index is -0.630. The van der Waals surface area contributed by atoms with Gasteiger partial charge in [0.15, 0.2) is 6.29 Å². The quantitative estimate of drug-likeness (QED) is 0.150. The Morgan fingerprint density at radius 3 is 2.46 bits per heavy atom. The zero-order chi connectivity index (χ0) is 32.5. The molecule has 242 valence electrons. The Balaban J connectivity index is 1.32. The SMILES string of the molecule is CCOC(=O)CNC(=O)NCc1cccc(-c2cccc(C3OC(CSc4nnnn4C)C(C)C(c4ccc(CO)cc4)O3)c2)c1. The first kappa shape index (κ1) is 33.1. The highest BCUT2D eigenvalue weighted by molar-refractivity contribution is 7.99. The predicted molar refractivity (Wildman–Crippen MR) is 171 cm³/mol. The third-order valence-electron chi connectivity index (χ3n) is 7.65. The first-order chi connectivity index (χ1) is 22.3. The first-order valence-electron chi connectivity index (χ1n) is 15.1. The fourth-order valence-corrected chi connectivity index (χ4v) is 6.16. The number of aliphatic hydroxyl groups is 1. The van der Waals surface area contributed by atoms with E-state index in [0.29, 0.717) is 10.9 Å². The van der Waals surface area contributed by atoms with E-state index in [1.807, 2.05) is 73.8 Å². The molecule has 0 saturated carbocycles. The average Bonchev–Trinajstić information content (AvgIpc) is 3.50. The van der Waals surface area contributed by atoms with Crippen molar-refractivity contribution in [2.75, 3.05) is 18.9 Å². The number of aromatic nitrogens is 4. The number of carbonyl (C=O) groups excluding carboxylic acids is 2. The van der Waals surface area contributed by atoms with E-state index in [2.05, 4.69) is 39.1 Å². The second-order valence-corrected chi connectivity index (χ2v) is 11.9. The van der Waals surface area contributed by atoms with Gasteiger partial charge >= 0.3 is 12.0 Å². The van der Waals surface area contributed by atoms with Crippen LogP contribution in [0.5, 0.6) is 0 Å². The maximum absolute atomic E-state index is 12.2. The third kappa shape index (κ3) is 8.49. The summed E-state index contributed by atoms with van der Waals surface area (Å²) in [5.74, 6) is 0.160. The summed E-state index contributed by atoms with van der Waals surface area (Å²) in [6.45, 7) is 4.16. The molecule has 12 nitrogen and oxygen atoms in total. The number of aliphatic hydroxyl groups excluding tert-OH is 1. The molecule has 2 amide bonds. The van der Waals surface area contributed by atoms with Crippen molar-refractivity contribution >= 4 is 23.8 Å². The van der Waals surface area contributed by atoms with Crippen LogP contribution in [0.1, 0.15) is 48.5 Å². The topological polar surface area (TPSA) is 150 Å². The maximum atomic E-state index is 12.2. The summed E-state index contributed by atoms with van der Waals surface area (Å²) in [6.07, 6.45) is -1.05. The molecule has 0 spiro atoms. The summed E-state index contributed by atoms with van der Waals surface area (Å²) >= 11 is 1.54. The highest BCUT2D eigenvalue weighted by Crippen LogP contribution is 2.43. The van der Waals surface area contributed by atoms with Crippen LogP contribution in [0.4, 0.5) is 4.79 Å². The number of nitrogens with one attached hydrogen (secondary N) is 2. The van der Waals surface area contributed by atoms with E-state index in [9.17, 15) is 14.7 Å². The second kappa shape index (κ2) is 15.8. The maximum Gasteiger partial charge on any atom is 0.325 e. The molecule has 0 aliphatic carbocycles. The third-order valence-corrected chi connectivity index (χ3v) is 8.75. The van der Waals surface area contributed by atoms with Crippen LogP contribution in [0.25, 0.3) is 11.1 Å². The molecule has 4 unspecified atom stereocenters. The number of urea groups is 1. The molecule has 3 aromatic carbocycles. The van der Waals surface area contributed by atoms with Crippen molar-refractivity contribution in [1.82, 2.24) is 30.8 Å². The van der Waals surface area contributed by atoms with Crippen LogP contribution in [-0.2, 0) is 39.2 Å². The lowest BCUT2D eigenvalue weighted by Crippen LogP contribution is -2.38. The second-order valence-electron chi connectivity index (χ2n) is 10.9. The fourth-order valence-electron chi connectivity index (χ4n) is 5.15. The lowest BCUT2D eigenvalue weighted by molar-refractivity contribution is -0.268. The van der Waals surface area contributed by atoms with Gasteiger partial charge in [0.1, 0.15) is 6.54 Å². The lowest BCUT2D eigenvalue weighted by atomic mass is 9.91. The Labute approximate surface area is 271 Å². The summed E-state index contributed by atoms with van der Waals surface area (Å²) in [6, 6.07) is 23.3. The number of benzene rings is 3. The molecule has 0 radical (unpaired) electrons. The van der Waals surface area contributed by atoms with E-state index in [1.54, 1.807) is 11.6 Å². The summed E-state index contributed by atoms with van der Waals surface area (Å²) in [4.78, 5) is 23.7. The van der Waals surface area contributed by atoms with Crippen LogP contribution in [0.2, 0.25) is 0 Å². The molecule has 5 rings (SSSR count). The van der Waals surface area contributed by atoms with Crippen molar-refractivity contribution in [1.29, 1.82) is 0 Å². The van der Waals surface area contributed by atoms with E-state index < -0.39 is 18.3 Å². The monoisotopic (exact) mass is 646 g/mol. The molecule has 46 heavy (non-hydrogen) atoms. The van der Waals surface area contributed by atoms with Crippen LogP contribution in [0.3, 0.4) is 0 Å². The minimum absolute atomic E-state index is 0.0202. The molecule has 4 aromatic rings. The van der Waals surface area contributed by atoms with Crippen molar-refractivity contribution in [3.05, 3.63) is 95.1 Å². The molecule has 0 bridgehead atoms. The van der Waals surface area contributed by atoms with Crippen molar-refractivity contribution < 1.29 is 28.9 Å². The first-order valence-corrected chi connectivity index (χ1v) is 16.1. The fraction of sp³-hybridized carbons (Fsp3) is 0.364. The van der Waals surface area contributed by atoms with Gasteiger partial charge in [0.05, 0.1) is 25.4 Å². The molecule has 2 heterocycles. The average molecular weight is 647 g/mol. The van der Waals surface area contributed by atoms with Gasteiger partial charge in [-0.2, -0.15) is 0 Å². The van der Waals surface area contributed by atoms with Gasteiger partial charge in [0, 0.05) is 30.8 Å². The molecule has 13 heteroatoms. The molecule has 1 aromatic heterocycles. The Morgan fingerprint density at radius 1 is 0.978 bits per heavy atom. The molecular weight excluding hydrogens is 608 g/mol. The summed E-state index contributed by atoms with van der Waals surface area (Å²) in [7, 11) is 1.81. The standard InChI is InChI=1S/C33H38N6O6S/c1-4-43-29(41)18-35-32(42)34-17-23-7-5-8-25(15-23)26-9-6-10-27(16-26)31-44-28(20-46-33-36-37-38-39(33)3)21(2)30(45-31)24-13-11-22(19-40)12-14-24/h5-16,21,28,30-31,40H,4,17-20H2,1-3H3,(H2,34,35,42). The molecule has 1 saturated heterocycles. The van der Waals surface area contributed by atoms with Gasteiger partial charge in [-0.05, 0) is 57.3 Å². The van der Waals surface area contributed by atoms with E-state index >= 15 is 0 Å². The van der Waals surface area contributed by atoms with E-state index in [0.717, 1.165) is 33.4 Å². The van der Waals surface area contributed by atoms with Gasteiger partial charge in [-0.25, -0.2) is 9.48 Å². The lowest BCUT2D eigenvalue weighted by Gasteiger charge is -2.41. The van der Waals surface area contributed by atoms with Gasteiger partial charge in [0.25, 0.3) is 0 Å². The zero-order valence-corrected chi connectivity index (χ0v) is 26.8. The number of thioether (sulfide) groups is 1. The number of nitrogens with zero attached hydrogens (tertiary/aromatic N) is 4. The molecular formula is C33H38N6O6S. The Morgan fingerprint density at radius 2 is 1.74 bits per heavy atom. The number of ether oxygens (including phenoxy) is 3. The number of tetrazole rings is 1. The highest BCUT2D eigenvalue weighted by Gasteiger charge is 2.38. The van der Waals surface area contributed by atoms with Crippen LogP contribution >= 0.6 is 11.8 Å². The number of carbonyl (C=O) groups is 2. The number of amides is 2. The number of hydrogen-bond donors (Lipinski definition) is 3. The molecule has 3 N–H and O–H groups in total. The number of hydrogen-bond acceptors (Lipinski definition) is 10. The molecule has 1 aliphatic rings. The smallest absolute Gasteiger partial charge is 0.325 e. The summed E-state index contributed by atoms with van der Waals surface area (Å²) in [5, 5.41) is 27.3. The van der Waals surface area contributed by atoms with Crippen LogP contribution in [-0.4, -0.2) is 62.3 Å². The van der Waals surface area contributed by atoms with E-state index in [1.165, 1.54) is 11.8 Å². The van der Waals surface area contributed by atoms with Crippen LogP contribution < -0.4 is 10.6 Å². The number of rotatable bonds is 12. The van der Waals surface area contributed by atoms with Crippen molar-refractivity contribution in [3.63, 3.8) is 0 Å². The molecule has 4 atom stereocenters. The number of aryl methyl sites for hydroxylation is 1. The Kier molecular flexibility index (Phi) is 11.4. The normalized spacial score (nSPS) is 19.4. The van der Waals surface area contributed by atoms with E-state index in [-0.39, 0.29) is 44.4 Å². The van der Waals surface area contributed by atoms with Gasteiger partial charge in [-0.1, -0.05) is 79.3 Å². The van der Waals surface area contributed by atoms with Gasteiger partial charge in [0.2, 0.25) is 5.16 Å². The zero-order valence-electron chi connectivity index (χ0n) is 26.0. The molecule has 1 aliphatic heterocycles. The van der Waals surface area contributed by atoms with Gasteiger partial charge in [-0.3, -0.25) is 4.79 Å². The van der Waals surface area contributed by atoms with Crippen molar-refractivity contribution in [2.45, 2.75) is 50.7 Å².